The highest BCUT2D eigenvalue weighted by atomic mass is 16.6. The molecule has 0 aliphatic carbocycles. The molecule has 1 aliphatic rings. The van der Waals surface area contributed by atoms with Gasteiger partial charge in [-0.3, -0.25) is 0 Å². The highest BCUT2D eigenvalue weighted by molar-refractivity contribution is 6.11. The van der Waals surface area contributed by atoms with Crippen LogP contribution in [0.1, 0.15) is 48.0 Å². The summed E-state index contributed by atoms with van der Waals surface area (Å²) in [5.41, 5.74) is -0.347. The quantitative estimate of drug-likeness (QED) is 0.725. The zero-order valence-electron chi connectivity index (χ0n) is 12.7. The molecule has 2 radical (unpaired) electrons. The minimum absolute atomic E-state index is 0.0103. The van der Waals surface area contributed by atoms with Gasteiger partial charge in [-0.15, -0.1) is 0 Å². The molecule has 3 nitrogen and oxygen atoms in total. The molecular formula is C14H27BO3. The molecular weight excluding hydrogens is 227 g/mol. The molecule has 0 aromatic carbocycles. The normalized spacial score (nSPS) is 30.4. The predicted octanol–water partition coefficient (Wildman–Crippen LogP) is 2.73. The average Bonchev–Trinajstić information content (AvgIpc) is 2.12. The van der Waals surface area contributed by atoms with Crippen molar-refractivity contribution in [3.63, 3.8) is 0 Å². The van der Waals surface area contributed by atoms with Crippen molar-refractivity contribution < 1.29 is 14.2 Å². The third-order valence-electron chi connectivity index (χ3n) is 2.66. The van der Waals surface area contributed by atoms with Crippen molar-refractivity contribution in [1.82, 2.24) is 0 Å². The standard InChI is InChI=1S/C14H27BO3/c1-13(2,3)17-9-12-11(18-14(4,5)6)7-10(15)8-16-12/h10-12H,7-9H2,1-6H3/t10-,11?,12+/m0/s1. The molecule has 1 aliphatic heterocycles. The van der Waals surface area contributed by atoms with E-state index in [1.807, 2.05) is 20.8 Å². The highest BCUT2D eigenvalue weighted by Gasteiger charge is 2.33. The lowest BCUT2D eigenvalue weighted by molar-refractivity contribution is -0.179. The summed E-state index contributed by atoms with van der Waals surface area (Å²) in [7, 11) is 5.94. The lowest BCUT2D eigenvalue weighted by Crippen LogP contribution is -2.46. The van der Waals surface area contributed by atoms with Crippen LogP contribution in [0.5, 0.6) is 0 Å². The van der Waals surface area contributed by atoms with Crippen molar-refractivity contribution >= 4 is 7.85 Å². The van der Waals surface area contributed by atoms with E-state index in [0.29, 0.717) is 13.2 Å². The van der Waals surface area contributed by atoms with Crippen LogP contribution in [-0.2, 0) is 14.2 Å². The number of hydrogen-bond acceptors (Lipinski definition) is 3. The van der Waals surface area contributed by atoms with Gasteiger partial charge in [0.1, 0.15) is 6.10 Å². The van der Waals surface area contributed by atoms with E-state index < -0.39 is 0 Å². The Balaban J connectivity index is 2.56. The lowest BCUT2D eigenvalue weighted by atomic mass is 9.80. The minimum atomic E-state index is -0.189. The molecule has 0 spiro atoms. The number of rotatable bonds is 3. The predicted molar refractivity (Wildman–Crippen MR) is 74.2 cm³/mol. The van der Waals surface area contributed by atoms with E-state index in [0.717, 1.165) is 6.42 Å². The van der Waals surface area contributed by atoms with E-state index in [1.165, 1.54) is 0 Å². The summed E-state index contributed by atoms with van der Waals surface area (Å²) in [6.45, 7) is 13.4. The van der Waals surface area contributed by atoms with E-state index in [9.17, 15) is 0 Å². The maximum absolute atomic E-state index is 6.04. The molecule has 0 aromatic heterocycles. The number of hydrogen-bond donors (Lipinski definition) is 0. The molecule has 4 heteroatoms. The van der Waals surface area contributed by atoms with Crippen LogP contribution in [-0.4, -0.2) is 44.5 Å². The van der Waals surface area contributed by atoms with Crippen molar-refractivity contribution in [2.45, 2.75) is 77.2 Å². The molecule has 18 heavy (non-hydrogen) atoms. The summed E-state index contributed by atoms with van der Waals surface area (Å²) in [5.74, 6) is 0.0586. The maximum Gasteiger partial charge on any atom is 0.107 e. The van der Waals surface area contributed by atoms with Gasteiger partial charge in [0, 0.05) is 6.61 Å². The molecule has 0 amide bonds. The van der Waals surface area contributed by atoms with Crippen LogP contribution in [0.4, 0.5) is 0 Å². The first-order valence-corrected chi connectivity index (χ1v) is 6.76. The molecule has 1 heterocycles. The van der Waals surface area contributed by atoms with Crippen LogP contribution in [0.3, 0.4) is 0 Å². The zero-order valence-corrected chi connectivity index (χ0v) is 12.7. The first kappa shape index (κ1) is 16.0. The Bertz CT molecular complexity index is 255. The van der Waals surface area contributed by atoms with Crippen LogP contribution in [0.15, 0.2) is 0 Å². The van der Waals surface area contributed by atoms with Crippen LogP contribution in [0, 0.1) is 0 Å². The fraction of sp³-hybridized carbons (Fsp3) is 1.00. The Morgan fingerprint density at radius 3 is 2.22 bits per heavy atom. The summed E-state index contributed by atoms with van der Waals surface area (Å²) in [6, 6.07) is 0. The van der Waals surface area contributed by atoms with Gasteiger partial charge in [-0.25, -0.2) is 0 Å². The molecule has 0 saturated carbocycles. The van der Waals surface area contributed by atoms with Gasteiger partial charge in [0.25, 0.3) is 0 Å². The van der Waals surface area contributed by atoms with Gasteiger partial charge < -0.3 is 14.2 Å². The Labute approximate surface area is 113 Å². The van der Waals surface area contributed by atoms with E-state index in [1.54, 1.807) is 0 Å². The molecule has 0 bridgehead atoms. The average molecular weight is 254 g/mol. The van der Waals surface area contributed by atoms with Gasteiger partial charge in [-0.1, -0.05) is 5.82 Å². The Morgan fingerprint density at radius 2 is 1.72 bits per heavy atom. The van der Waals surface area contributed by atoms with E-state index in [4.69, 9.17) is 22.1 Å². The Morgan fingerprint density at radius 1 is 1.11 bits per heavy atom. The van der Waals surface area contributed by atoms with Crippen LogP contribution in [0.25, 0.3) is 0 Å². The largest absolute Gasteiger partial charge is 0.374 e. The Hall–Kier alpha value is -0.0551. The minimum Gasteiger partial charge on any atom is -0.374 e. The van der Waals surface area contributed by atoms with Gasteiger partial charge in [-0.2, -0.15) is 0 Å². The van der Waals surface area contributed by atoms with Crippen molar-refractivity contribution in [2.24, 2.45) is 0 Å². The van der Waals surface area contributed by atoms with Gasteiger partial charge in [0.05, 0.1) is 31.8 Å². The van der Waals surface area contributed by atoms with Gasteiger partial charge in [0.15, 0.2) is 0 Å². The second-order valence-corrected chi connectivity index (χ2v) is 7.06. The van der Waals surface area contributed by atoms with Crippen molar-refractivity contribution in [1.29, 1.82) is 0 Å². The third-order valence-corrected chi connectivity index (χ3v) is 2.66. The fourth-order valence-electron chi connectivity index (χ4n) is 1.94. The Kier molecular flexibility index (Phi) is 5.27. The van der Waals surface area contributed by atoms with Gasteiger partial charge in [-0.05, 0) is 48.0 Å². The summed E-state index contributed by atoms with van der Waals surface area (Å²) in [6.07, 6.45) is 0.814. The van der Waals surface area contributed by atoms with Crippen molar-refractivity contribution in [3.05, 3.63) is 0 Å². The molecule has 1 unspecified atom stereocenters. The van der Waals surface area contributed by atoms with Gasteiger partial charge >= 0.3 is 0 Å². The zero-order chi connectivity index (χ0) is 14.0. The van der Waals surface area contributed by atoms with E-state index in [2.05, 4.69) is 20.8 Å². The molecule has 3 atom stereocenters. The highest BCUT2D eigenvalue weighted by Crippen LogP contribution is 2.28. The van der Waals surface area contributed by atoms with Crippen molar-refractivity contribution in [3.8, 4) is 0 Å². The topological polar surface area (TPSA) is 27.7 Å². The van der Waals surface area contributed by atoms with E-state index in [-0.39, 0.29) is 29.2 Å². The monoisotopic (exact) mass is 254 g/mol. The van der Waals surface area contributed by atoms with Gasteiger partial charge in [0.2, 0.25) is 0 Å². The second-order valence-electron chi connectivity index (χ2n) is 7.06. The number of ether oxygens (including phenoxy) is 3. The van der Waals surface area contributed by atoms with Crippen LogP contribution < -0.4 is 0 Å². The van der Waals surface area contributed by atoms with E-state index >= 15 is 0 Å². The fourth-order valence-corrected chi connectivity index (χ4v) is 1.94. The summed E-state index contributed by atoms with van der Waals surface area (Å²) < 4.78 is 17.6. The SMILES string of the molecule is [B][C@@H]1CO[C@H](COC(C)(C)C)C(OC(C)(C)C)C1. The first-order valence-electron chi connectivity index (χ1n) is 6.76. The van der Waals surface area contributed by atoms with Crippen LogP contribution >= 0.6 is 0 Å². The smallest absolute Gasteiger partial charge is 0.107 e. The lowest BCUT2D eigenvalue weighted by Gasteiger charge is -2.39. The van der Waals surface area contributed by atoms with Crippen LogP contribution in [0.2, 0.25) is 5.82 Å². The molecule has 0 aromatic rings. The second kappa shape index (κ2) is 5.93. The summed E-state index contributed by atoms with van der Waals surface area (Å²) >= 11 is 0. The van der Waals surface area contributed by atoms with Crippen molar-refractivity contribution in [2.75, 3.05) is 13.2 Å². The maximum atomic E-state index is 6.04. The third kappa shape index (κ3) is 6.21. The molecule has 1 rings (SSSR count). The molecule has 1 fully saturated rings. The molecule has 0 N–H and O–H groups in total. The molecule has 1 saturated heterocycles. The summed E-state index contributed by atoms with van der Waals surface area (Å²) in [4.78, 5) is 0. The first-order chi connectivity index (χ1) is 8.07. The summed E-state index contributed by atoms with van der Waals surface area (Å²) in [5, 5.41) is 0. The molecule has 104 valence electrons.